The lowest BCUT2D eigenvalue weighted by atomic mass is 9.94. The van der Waals surface area contributed by atoms with Gasteiger partial charge in [-0.05, 0) is 37.0 Å². The molecule has 2 aromatic heterocycles. The number of ether oxygens (including phenoxy) is 2. The highest BCUT2D eigenvalue weighted by atomic mass is 32.2. The first-order valence-corrected chi connectivity index (χ1v) is 12.2. The number of aromatic nitrogens is 3. The molecule has 0 radical (unpaired) electrons. The van der Waals surface area contributed by atoms with E-state index in [1.807, 2.05) is 6.07 Å². The summed E-state index contributed by atoms with van der Waals surface area (Å²) in [5, 5.41) is 9.61. The van der Waals surface area contributed by atoms with Crippen molar-refractivity contribution >= 4 is 20.9 Å². The van der Waals surface area contributed by atoms with Crippen LogP contribution >= 0.6 is 0 Å². The molecule has 1 aliphatic rings. The lowest BCUT2D eigenvalue weighted by Gasteiger charge is -2.26. The molecule has 0 spiro atoms. The van der Waals surface area contributed by atoms with E-state index in [4.69, 9.17) is 14.5 Å². The molecule has 4 rings (SSSR count). The number of methoxy groups -OCH3 is 1. The molecule has 3 aromatic rings. The summed E-state index contributed by atoms with van der Waals surface area (Å²) in [4.78, 5) is 4.99. The lowest BCUT2D eigenvalue weighted by Crippen LogP contribution is -2.29. The van der Waals surface area contributed by atoms with Crippen LogP contribution in [0.5, 0.6) is 5.75 Å². The topological polar surface area (TPSA) is 94.5 Å². The standard InChI is InChI=1S/C23H30N3O5S/c1-23(2,3)22-24-18-13-17(32(28,29)21-7-10-25(27)15-20(21)30-4)5-6-19(18)26(22)14-16-8-11-31-12-9-16/h5-7,10,13,15-16,27H,8-9,11-12,14H2,1-4H3/q+1. The Hall–Kier alpha value is -2.65. The van der Waals surface area contributed by atoms with Crippen molar-refractivity contribution in [2.75, 3.05) is 20.3 Å². The van der Waals surface area contributed by atoms with E-state index < -0.39 is 9.84 Å². The fraction of sp³-hybridized carbons (Fsp3) is 0.478. The Labute approximate surface area is 188 Å². The Morgan fingerprint density at radius 1 is 1.25 bits per heavy atom. The van der Waals surface area contributed by atoms with Crippen LogP contribution < -0.4 is 9.47 Å². The third-order valence-corrected chi connectivity index (χ3v) is 7.65. The number of imidazole rings is 1. The molecule has 1 aromatic carbocycles. The first-order valence-electron chi connectivity index (χ1n) is 10.7. The van der Waals surface area contributed by atoms with Crippen molar-refractivity contribution in [1.29, 1.82) is 0 Å². The van der Waals surface area contributed by atoms with Gasteiger partial charge in [-0.3, -0.25) is 5.21 Å². The fourth-order valence-electron chi connectivity index (χ4n) is 4.18. The molecule has 0 unspecified atom stereocenters. The molecule has 8 nitrogen and oxygen atoms in total. The highest BCUT2D eigenvalue weighted by Gasteiger charge is 2.29. The summed E-state index contributed by atoms with van der Waals surface area (Å²) in [6, 6.07) is 6.40. The molecule has 0 amide bonds. The van der Waals surface area contributed by atoms with Crippen LogP contribution in [-0.2, 0) is 26.5 Å². The van der Waals surface area contributed by atoms with Crippen LogP contribution in [0, 0.1) is 5.92 Å². The Balaban J connectivity index is 1.81. The number of pyridine rings is 1. The Bertz CT molecular complexity index is 1240. The summed E-state index contributed by atoms with van der Waals surface area (Å²) >= 11 is 0. The number of rotatable bonds is 5. The summed E-state index contributed by atoms with van der Waals surface area (Å²) in [5.74, 6) is 1.51. The van der Waals surface area contributed by atoms with Crippen molar-refractivity contribution in [3.8, 4) is 5.75 Å². The number of hydrogen-bond donors (Lipinski definition) is 1. The minimum atomic E-state index is -3.87. The van der Waals surface area contributed by atoms with Crippen LogP contribution in [-0.4, -0.2) is 43.5 Å². The molecule has 1 N–H and O–H groups in total. The molecule has 0 saturated carbocycles. The van der Waals surface area contributed by atoms with Gasteiger partial charge < -0.3 is 14.0 Å². The monoisotopic (exact) mass is 460 g/mol. The number of fused-ring (bicyclic) bond motifs is 1. The molecule has 1 fully saturated rings. The van der Waals surface area contributed by atoms with Crippen molar-refractivity contribution in [3.63, 3.8) is 0 Å². The second-order valence-electron chi connectivity index (χ2n) is 9.26. The van der Waals surface area contributed by atoms with Crippen LogP contribution in [0.25, 0.3) is 11.0 Å². The predicted octanol–water partition coefficient (Wildman–Crippen LogP) is 3.13. The highest BCUT2D eigenvalue weighted by molar-refractivity contribution is 7.91. The van der Waals surface area contributed by atoms with E-state index in [1.54, 1.807) is 12.1 Å². The second kappa shape index (κ2) is 8.37. The normalized spacial score (nSPS) is 15.9. The van der Waals surface area contributed by atoms with E-state index in [-0.39, 0.29) is 21.0 Å². The number of benzene rings is 1. The van der Waals surface area contributed by atoms with E-state index >= 15 is 0 Å². The summed E-state index contributed by atoms with van der Waals surface area (Å²) < 4.78 is 40.4. The molecule has 0 atom stereocenters. The number of nitrogens with zero attached hydrogens (tertiary/aromatic N) is 3. The van der Waals surface area contributed by atoms with Crippen LogP contribution in [0.1, 0.15) is 39.4 Å². The minimum Gasteiger partial charge on any atom is -0.490 e. The maximum atomic E-state index is 13.4. The smallest absolute Gasteiger partial charge is 0.265 e. The van der Waals surface area contributed by atoms with Gasteiger partial charge in [-0.2, -0.15) is 0 Å². The average Bonchev–Trinajstić information content (AvgIpc) is 3.12. The molecule has 9 heteroatoms. The Morgan fingerprint density at radius 3 is 2.62 bits per heavy atom. The maximum Gasteiger partial charge on any atom is 0.265 e. The zero-order chi connectivity index (χ0) is 23.1. The summed E-state index contributed by atoms with van der Waals surface area (Å²) in [5.41, 5.74) is 1.38. The van der Waals surface area contributed by atoms with Crippen molar-refractivity contribution in [2.45, 2.75) is 55.4 Å². The van der Waals surface area contributed by atoms with Gasteiger partial charge in [0.25, 0.3) is 6.20 Å². The Kier molecular flexibility index (Phi) is 5.89. The molecule has 1 saturated heterocycles. The van der Waals surface area contributed by atoms with E-state index in [2.05, 4.69) is 25.3 Å². The van der Waals surface area contributed by atoms with Crippen molar-refractivity contribution in [2.24, 2.45) is 5.92 Å². The van der Waals surface area contributed by atoms with Crippen LogP contribution in [0.3, 0.4) is 0 Å². The molecular weight excluding hydrogens is 430 g/mol. The van der Waals surface area contributed by atoms with Gasteiger partial charge in [-0.1, -0.05) is 20.8 Å². The average molecular weight is 461 g/mol. The zero-order valence-electron chi connectivity index (χ0n) is 18.9. The first kappa shape index (κ1) is 22.5. The largest absolute Gasteiger partial charge is 0.490 e. The van der Waals surface area contributed by atoms with Gasteiger partial charge in [0, 0.05) is 36.0 Å². The summed E-state index contributed by atoms with van der Waals surface area (Å²) in [7, 11) is -2.51. The van der Waals surface area contributed by atoms with Crippen LogP contribution in [0.4, 0.5) is 0 Å². The predicted molar refractivity (Wildman–Crippen MR) is 118 cm³/mol. The van der Waals surface area contributed by atoms with Gasteiger partial charge in [-0.25, -0.2) is 13.4 Å². The van der Waals surface area contributed by atoms with Crippen molar-refractivity contribution in [3.05, 3.63) is 42.5 Å². The van der Waals surface area contributed by atoms with Gasteiger partial charge >= 0.3 is 0 Å². The quantitative estimate of drug-likeness (QED) is 0.464. The third kappa shape index (κ3) is 4.19. The van der Waals surface area contributed by atoms with Crippen molar-refractivity contribution in [1.82, 2.24) is 9.55 Å². The lowest BCUT2D eigenvalue weighted by molar-refractivity contribution is -0.905. The molecule has 1 aliphatic heterocycles. The number of hydrogen-bond acceptors (Lipinski definition) is 6. The number of sulfone groups is 1. The molecule has 3 heterocycles. The van der Waals surface area contributed by atoms with E-state index in [0.717, 1.165) is 48.7 Å². The molecule has 32 heavy (non-hydrogen) atoms. The summed E-state index contributed by atoms with van der Waals surface area (Å²) in [6.07, 6.45) is 4.49. The van der Waals surface area contributed by atoms with E-state index in [0.29, 0.717) is 11.4 Å². The highest BCUT2D eigenvalue weighted by Crippen LogP contribution is 2.33. The van der Waals surface area contributed by atoms with Gasteiger partial charge in [-0.15, -0.1) is 0 Å². The maximum absolute atomic E-state index is 13.4. The minimum absolute atomic E-state index is 0.0117. The second-order valence-corrected chi connectivity index (χ2v) is 11.2. The molecule has 172 valence electrons. The third-order valence-electron chi connectivity index (χ3n) is 5.86. The van der Waals surface area contributed by atoms with Gasteiger partial charge in [0.05, 0.1) is 23.0 Å². The van der Waals surface area contributed by atoms with Crippen molar-refractivity contribution < 1.29 is 27.8 Å². The van der Waals surface area contributed by atoms with Crippen LogP contribution in [0.15, 0.2) is 46.5 Å². The molecule has 0 aliphatic carbocycles. The SMILES string of the molecule is COc1c[n+](O)ccc1S(=O)(=O)c1ccc2c(c1)nc(C(C)(C)C)n2CC1CCOCC1. The van der Waals surface area contributed by atoms with Gasteiger partial charge in [0.1, 0.15) is 10.7 Å². The van der Waals surface area contributed by atoms with Crippen LogP contribution in [0.2, 0.25) is 0 Å². The van der Waals surface area contributed by atoms with E-state index in [1.165, 1.54) is 25.6 Å². The Morgan fingerprint density at radius 2 is 1.97 bits per heavy atom. The van der Waals surface area contributed by atoms with Gasteiger partial charge in [0.2, 0.25) is 21.8 Å². The van der Waals surface area contributed by atoms with E-state index in [9.17, 15) is 13.6 Å². The first-order chi connectivity index (χ1) is 15.1. The summed E-state index contributed by atoms with van der Waals surface area (Å²) in [6.45, 7) is 8.73. The molecule has 0 bridgehead atoms. The zero-order valence-corrected chi connectivity index (χ0v) is 19.7. The fourth-order valence-corrected chi connectivity index (χ4v) is 5.59. The molecular formula is C23H30N3O5S+. The van der Waals surface area contributed by atoms with Gasteiger partial charge in [0.15, 0.2) is 0 Å².